The van der Waals surface area contributed by atoms with E-state index in [-0.39, 0.29) is 11.4 Å². The number of benzene rings is 4. The number of hydrogen-bond acceptors (Lipinski definition) is 5. The molecule has 5 aromatic rings. The maximum Gasteiger partial charge on any atom is 0.291 e. The fourth-order valence-electron chi connectivity index (χ4n) is 3.95. The zero-order chi connectivity index (χ0) is 25.6. The van der Waals surface area contributed by atoms with E-state index in [0.717, 1.165) is 28.1 Å². The molecule has 0 unspecified atom stereocenters. The van der Waals surface area contributed by atoms with E-state index in [9.17, 15) is 9.90 Å². The average Bonchev–Trinajstić information content (AvgIpc) is 3.41. The summed E-state index contributed by atoms with van der Waals surface area (Å²) in [5.41, 5.74) is 7.85. The van der Waals surface area contributed by atoms with Gasteiger partial charge in [0.2, 0.25) is 0 Å². The van der Waals surface area contributed by atoms with Gasteiger partial charge in [-0.05, 0) is 41.5 Å². The number of nitrogens with zero attached hydrogens (tertiary/aromatic N) is 3. The van der Waals surface area contributed by atoms with Gasteiger partial charge in [-0.2, -0.15) is 10.2 Å². The number of hydrogen-bond donors (Lipinski definition) is 2. The molecule has 7 nitrogen and oxygen atoms in total. The van der Waals surface area contributed by atoms with Crippen molar-refractivity contribution in [3.05, 3.63) is 120 Å². The summed E-state index contributed by atoms with van der Waals surface area (Å²) < 4.78 is 6.84. The van der Waals surface area contributed by atoms with Gasteiger partial charge in [-0.15, -0.1) is 0 Å². The zero-order valence-electron chi connectivity index (χ0n) is 20.1. The maximum absolute atomic E-state index is 12.9. The van der Waals surface area contributed by atoms with Gasteiger partial charge >= 0.3 is 0 Å². The molecule has 0 bridgehead atoms. The molecule has 0 atom stereocenters. The molecule has 182 valence electrons. The molecule has 1 aromatic heterocycles. The summed E-state index contributed by atoms with van der Waals surface area (Å²) in [6.07, 6.45) is 1.35. The topological polar surface area (TPSA) is 88.7 Å². The van der Waals surface area contributed by atoms with Crippen molar-refractivity contribution in [3.63, 3.8) is 0 Å². The van der Waals surface area contributed by atoms with Gasteiger partial charge in [-0.3, -0.25) is 4.79 Å². The van der Waals surface area contributed by atoms with E-state index in [1.165, 1.54) is 13.3 Å². The zero-order valence-corrected chi connectivity index (χ0v) is 20.1. The van der Waals surface area contributed by atoms with Gasteiger partial charge in [0.15, 0.2) is 17.2 Å². The van der Waals surface area contributed by atoms with Crippen molar-refractivity contribution < 1.29 is 14.6 Å². The van der Waals surface area contributed by atoms with E-state index in [0.29, 0.717) is 11.3 Å². The lowest BCUT2D eigenvalue weighted by Crippen LogP contribution is -2.18. The van der Waals surface area contributed by atoms with E-state index in [1.54, 1.807) is 28.9 Å². The first-order chi connectivity index (χ1) is 18.1. The molecule has 1 heterocycles. The van der Waals surface area contributed by atoms with Crippen LogP contribution in [0.4, 0.5) is 0 Å². The second-order valence-electron chi connectivity index (χ2n) is 8.20. The highest BCUT2D eigenvalue weighted by Crippen LogP contribution is 2.29. The summed E-state index contributed by atoms with van der Waals surface area (Å²) in [7, 11) is 1.47. The van der Waals surface area contributed by atoms with Gasteiger partial charge < -0.3 is 9.84 Å². The monoisotopic (exact) mass is 488 g/mol. The Balaban J connectivity index is 1.43. The molecule has 37 heavy (non-hydrogen) atoms. The number of phenolic OH excluding ortho intramolecular Hbond substituents is 1. The lowest BCUT2D eigenvalue weighted by atomic mass is 10.0. The minimum absolute atomic E-state index is 0.0578. The van der Waals surface area contributed by atoms with Crippen LogP contribution in [0.25, 0.3) is 28.1 Å². The van der Waals surface area contributed by atoms with Crippen molar-refractivity contribution in [1.82, 2.24) is 15.2 Å². The number of nitrogens with one attached hydrogen (secondary N) is 1. The molecule has 0 fully saturated rings. The van der Waals surface area contributed by atoms with Crippen LogP contribution < -0.4 is 10.2 Å². The fourth-order valence-corrected chi connectivity index (χ4v) is 3.95. The molecule has 5 rings (SSSR count). The Labute approximate surface area is 214 Å². The van der Waals surface area contributed by atoms with Gasteiger partial charge in [0, 0.05) is 11.1 Å². The van der Waals surface area contributed by atoms with Crippen molar-refractivity contribution >= 4 is 12.1 Å². The summed E-state index contributed by atoms with van der Waals surface area (Å²) in [5, 5.41) is 18.8. The first-order valence-electron chi connectivity index (χ1n) is 11.6. The fraction of sp³-hybridized carbons (Fsp3) is 0.0333. The maximum atomic E-state index is 12.9. The molecule has 0 aliphatic heterocycles. The molecular weight excluding hydrogens is 464 g/mol. The van der Waals surface area contributed by atoms with Gasteiger partial charge in [-0.1, -0.05) is 78.9 Å². The summed E-state index contributed by atoms with van der Waals surface area (Å²) >= 11 is 0. The number of methoxy groups -OCH3 is 1. The molecule has 0 aliphatic rings. The number of hydrazone groups is 1. The van der Waals surface area contributed by atoms with Crippen LogP contribution in [-0.4, -0.2) is 34.1 Å². The van der Waals surface area contributed by atoms with E-state index in [2.05, 4.69) is 39.9 Å². The van der Waals surface area contributed by atoms with Crippen LogP contribution in [0.1, 0.15) is 16.1 Å². The third kappa shape index (κ3) is 5.11. The van der Waals surface area contributed by atoms with Crippen LogP contribution >= 0.6 is 0 Å². The number of rotatable bonds is 7. The van der Waals surface area contributed by atoms with Gasteiger partial charge in [0.1, 0.15) is 0 Å². The number of carbonyl (C=O) groups excluding carboxylic acids is 1. The van der Waals surface area contributed by atoms with E-state index in [1.807, 2.05) is 60.7 Å². The highest BCUT2D eigenvalue weighted by Gasteiger charge is 2.17. The first kappa shape index (κ1) is 23.6. The number of para-hydroxylation sites is 2. The van der Waals surface area contributed by atoms with Crippen LogP contribution in [0.5, 0.6) is 11.5 Å². The molecule has 0 radical (unpaired) electrons. The summed E-state index contributed by atoms with van der Waals surface area (Å²) in [4.78, 5) is 12.9. The lowest BCUT2D eigenvalue weighted by molar-refractivity contribution is 0.0949. The lowest BCUT2D eigenvalue weighted by Gasteiger charge is -2.08. The van der Waals surface area contributed by atoms with Gasteiger partial charge in [0.05, 0.1) is 24.7 Å². The van der Waals surface area contributed by atoms with E-state index in [4.69, 9.17) is 4.74 Å². The number of aromatic hydroxyl groups is 1. The third-order valence-electron chi connectivity index (χ3n) is 5.85. The standard InChI is InChI=1S/C30H24N4O3/c1-37-28-14-8-11-24(29(28)35)20-31-32-30(36)26-19-27(34(33-26)25-12-6-3-7-13-25)23-17-15-22(16-18-23)21-9-4-2-5-10-21/h2-20,35H,1H3,(H,32,36)/b31-20-. The Hall–Kier alpha value is -5.17. The first-order valence-corrected chi connectivity index (χ1v) is 11.6. The highest BCUT2D eigenvalue weighted by atomic mass is 16.5. The van der Waals surface area contributed by atoms with E-state index >= 15 is 0 Å². The quantitative estimate of drug-likeness (QED) is 0.228. The number of phenols is 1. The Bertz CT molecular complexity index is 1540. The van der Waals surface area contributed by atoms with Crippen molar-refractivity contribution in [2.24, 2.45) is 5.10 Å². The number of amides is 1. The average molecular weight is 489 g/mol. The molecule has 1 amide bonds. The summed E-state index contributed by atoms with van der Waals surface area (Å²) in [5.74, 6) is -0.215. The largest absolute Gasteiger partial charge is 0.504 e. The van der Waals surface area contributed by atoms with Crippen LogP contribution in [0.15, 0.2) is 114 Å². The van der Waals surface area contributed by atoms with Gasteiger partial charge in [-0.25, -0.2) is 10.1 Å². The van der Waals surface area contributed by atoms with Crippen molar-refractivity contribution in [2.45, 2.75) is 0 Å². The molecule has 4 aromatic carbocycles. The summed E-state index contributed by atoms with van der Waals surface area (Å²) in [6.45, 7) is 0. The van der Waals surface area contributed by atoms with Crippen molar-refractivity contribution in [3.8, 4) is 39.6 Å². The normalized spacial score (nSPS) is 10.9. The summed E-state index contributed by atoms with van der Waals surface area (Å²) in [6, 6.07) is 34.7. The SMILES string of the molecule is COc1cccc(/C=N\NC(=O)c2cc(-c3ccc(-c4ccccc4)cc3)n(-c3ccccc3)n2)c1O. The molecule has 0 aliphatic carbocycles. The minimum Gasteiger partial charge on any atom is -0.504 e. The molecular formula is C30H24N4O3. The molecule has 0 saturated heterocycles. The second kappa shape index (κ2) is 10.6. The predicted molar refractivity (Wildman–Crippen MR) is 144 cm³/mol. The number of ether oxygens (including phenoxy) is 1. The van der Waals surface area contributed by atoms with Crippen molar-refractivity contribution in [2.75, 3.05) is 7.11 Å². The van der Waals surface area contributed by atoms with Gasteiger partial charge in [0.25, 0.3) is 5.91 Å². The number of aromatic nitrogens is 2. The van der Waals surface area contributed by atoms with Crippen LogP contribution in [0.3, 0.4) is 0 Å². The molecule has 7 heteroatoms. The Kier molecular flexibility index (Phi) is 6.76. The molecule has 0 spiro atoms. The Morgan fingerprint density at radius 1 is 0.865 bits per heavy atom. The highest BCUT2D eigenvalue weighted by molar-refractivity contribution is 5.94. The van der Waals surface area contributed by atoms with Crippen LogP contribution in [-0.2, 0) is 0 Å². The smallest absolute Gasteiger partial charge is 0.291 e. The van der Waals surface area contributed by atoms with Crippen LogP contribution in [0.2, 0.25) is 0 Å². The van der Waals surface area contributed by atoms with Crippen LogP contribution in [0, 0.1) is 0 Å². The molecule has 2 N–H and O–H groups in total. The third-order valence-corrected chi connectivity index (χ3v) is 5.85. The number of carbonyl (C=O) groups is 1. The van der Waals surface area contributed by atoms with Crippen molar-refractivity contribution in [1.29, 1.82) is 0 Å². The predicted octanol–water partition coefficient (Wildman–Crippen LogP) is 5.68. The second-order valence-corrected chi connectivity index (χ2v) is 8.20. The Morgan fingerprint density at radius 2 is 1.51 bits per heavy atom. The minimum atomic E-state index is -0.476. The molecule has 0 saturated carbocycles. The van der Waals surface area contributed by atoms with E-state index < -0.39 is 5.91 Å². The Morgan fingerprint density at radius 3 is 2.22 bits per heavy atom.